The van der Waals surface area contributed by atoms with Gasteiger partial charge in [0.25, 0.3) is 5.91 Å². The second-order valence-electron chi connectivity index (χ2n) is 5.08. The zero-order valence-electron chi connectivity index (χ0n) is 13.9. The van der Waals surface area contributed by atoms with E-state index in [4.69, 9.17) is 9.47 Å². The first-order valence-corrected chi connectivity index (χ1v) is 8.32. The summed E-state index contributed by atoms with van der Waals surface area (Å²) in [6, 6.07) is 12.4. The third-order valence-corrected chi connectivity index (χ3v) is 3.91. The number of carbonyl (C=O) groups is 2. The number of halogens is 1. The topological polar surface area (TPSA) is 64.6 Å². The monoisotopic (exact) mass is 403 g/mol. The number of benzene rings is 2. The van der Waals surface area contributed by atoms with Gasteiger partial charge in [0, 0.05) is 17.1 Å². The molecule has 5 nitrogen and oxygen atoms in total. The maximum atomic E-state index is 12.2. The molecule has 0 aliphatic heterocycles. The van der Waals surface area contributed by atoms with Crippen molar-refractivity contribution in [2.24, 2.45) is 0 Å². The molecular weight excluding hydrogens is 386 g/mol. The molecule has 0 aliphatic carbocycles. The maximum absolute atomic E-state index is 12.2. The fraction of sp³-hybridized carbons (Fsp3) is 0.158. The molecule has 2 rings (SSSR count). The van der Waals surface area contributed by atoms with Crippen LogP contribution in [0, 0.1) is 0 Å². The SMILES string of the molecule is CNC(=O)COc1ccc(C=CC(=O)c2ccc(Br)cc2)cc1OC. The molecule has 2 aromatic rings. The molecule has 0 saturated carbocycles. The number of ketones is 1. The van der Waals surface area contributed by atoms with Crippen LogP contribution in [0.2, 0.25) is 0 Å². The summed E-state index contributed by atoms with van der Waals surface area (Å²) in [7, 11) is 3.06. The first kappa shape index (κ1) is 18.7. The molecule has 0 unspecified atom stereocenters. The molecule has 6 heteroatoms. The molecule has 0 radical (unpaired) electrons. The van der Waals surface area contributed by atoms with Crippen LogP contribution in [0.1, 0.15) is 15.9 Å². The minimum Gasteiger partial charge on any atom is -0.493 e. The maximum Gasteiger partial charge on any atom is 0.257 e. The summed E-state index contributed by atoms with van der Waals surface area (Å²) in [6.07, 6.45) is 3.21. The Balaban J connectivity index is 2.10. The van der Waals surface area contributed by atoms with E-state index in [1.165, 1.54) is 13.2 Å². The van der Waals surface area contributed by atoms with E-state index in [-0.39, 0.29) is 18.3 Å². The van der Waals surface area contributed by atoms with Crippen molar-refractivity contribution < 1.29 is 19.1 Å². The Hall–Kier alpha value is -2.60. The van der Waals surface area contributed by atoms with Crippen LogP contribution in [-0.4, -0.2) is 32.5 Å². The highest BCUT2D eigenvalue weighted by atomic mass is 79.9. The van der Waals surface area contributed by atoms with Gasteiger partial charge in [0.1, 0.15) is 0 Å². The van der Waals surface area contributed by atoms with Crippen LogP contribution >= 0.6 is 15.9 Å². The fourth-order valence-corrected chi connectivity index (χ4v) is 2.27. The number of hydrogen-bond donors (Lipinski definition) is 1. The molecule has 0 atom stereocenters. The van der Waals surface area contributed by atoms with Gasteiger partial charge in [0.2, 0.25) is 0 Å². The molecular formula is C19H18BrNO4. The van der Waals surface area contributed by atoms with Crippen LogP contribution in [0.5, 0.6) is 11.5 Å². The van der Waals surface area contributed by atoms with Gasteiger partial charge in [-0.3, -0.25) is 9.59 Å². The van der Waals surface area contributed by atoms with Crippen molar-refractivity contribution in [3.05, 3.63) is 64.1 Å². The van der Waals surface area contributed by atoms with Gasteiger partial charge in [-0.15, -0.1) is 0 Å². The highest BCUT2D eigenvalue weighted by Crippen LogP contribution is 2.28. The molecule has 1 N–H and O–H groups in total. The van der Waals surface area contributed by atoms with Gasteiger partial charge in [-0.05, 0) is 48.0 Å². The van der Waals surface area contributed by atoms with Crippen molar-refractivity contribution in [3.63, 3.8) is 0 Å². The van der Waals surface area contributed by atoms with Crippen LogP contribution in [0.3, 0.4) is 0 Å². The number of rotatable bonds is 7. The van der Waals surface area contributed by atoms with Crippen molar-refractivity contribution in [2.75, 3.05) is 20.8 Å². The quantitative estimate of drug-likeness (QED) is 0.567. The zero-order valence-corrected chi connectivity index (χ0v) is 15.5. The molecule has 130 valence electrons. The summed E-state index contributed by atoms with van der Waals surface area (Å²) >= 11 is 3.34. The molecule has 0 aliphatic rings. The van der Waals surface area contributed by atoms with Gasteiger partial charge in [-0.25, -0.2) is 0 Å². The number of ether oxygens (including phenoxy) is 2. The lowest BCUT2D eigenvalue weighted by molar-refractivity contribution is -0.122. The van der Waals surface area contributed by atoms with Gasteiger partial charge in [0.05, 0.1) is 7.11 Å². The van der Waals surface area contributed by atoms with Crippen LogP contribution in [-0.2, 0) is 4.79 Å². The highest BCUT2D eigenvalue weighted by molar-refractivity contribution is 9.10. The fourth-order valence-electron chi connectivity index (χ4n) is 2.00. The predicted octanol–water partition coefficient (Wildman–Crippen LogP) is 3.48. The first-order valence-electron chi connectivity index (χ1n) is 7.53. The normalized spacial score (nSPS) is 10.5. The standard InChI is InChI=1S/C19H18BrNO4/c1-21-19(23)12-25-17-10-4-13(11-18(17)24-2)3-9-16(22)14-5-7-15(20)8-6-14/h3-11H,12H2,1-2H3,(H,21,23). The Morgan fingerprint density at radius 2 is 1.84 bits per heavy atom. The molecule has 0 aromatic heterocycles. The number of allylic oxidation sites excluding steroid dienone is 1. The minimum atomic E-state index is -0.230. The summed E-state index contributed by atoms with van der Waals surface area (Å²) in [4.78, 5) is 23.4. The summed E-state index contributed by atoms with van der Waals surface area (Å²) in [5.74, 6) is 0.627. The second-order valence-corrected chi connectivity index (χ2v) is 5.99. The lowest BCUT2D eigenvalue weighted by Gasteiger charge is -2.10. The van der Waals surface area contributed by atoms with Gasteiger partial charge < -0.3 is 14.8 Å². The number of likely N-dealkylation sites (N-methyl/N-ethyl adjacent to an activating group) is 1. The molecule has 25 heavy (non-hydrogen) atoms. The number of hydrogen-bond acceptors (Lipinski definition) is 4. The average Bonchev–Trinajstić information content (AvgIpc) is 2.64. The van der Waals surface area contributed by atoms with Crippen LogP contribution in [0.15, 0.2) is 53.0 Å². The Kier molecular flexibility index (Phi) is 6.77. The summed E-state index contributed by atoms with van der Waals surface area (Å²) in [5.41, 5.74) is 1.39. The van der Waals surface area contributed by atoms with Crippen molar-refractivity contribution in [3.8, 4) is 11.5 Å². The summed E-state index contributed by atoms with van der Waals surface area (Å²) in [5, 5.41) is 2.48. The Labute approximate surface area is 154 Å². The van der Waals surface area contributed by atoms with E-state index in [2.05, 4.69) is 21.2 Å². The van der Waals surface area contributed by atoms with Gasteiger partial charge >= 0.3 is 0 Å². The first-order chi connectivity index (χ1) is 12.0. The smallest absolute Gasteiger partial charge is 0.257 e. The van der Waals surface area contributed by atoms with Gasteiger partial charge in [-0.2, -0.15) is 0 Å². The van der Waals surface area contributed by atoms with E-state index in [1.807, 2.05) is 12.1 Å². The average molecular weight is 404 g/mol. The number of carbonyl (C=O) groups excluding carboxylic acids is 2. The molecule has 0 heterocycles. The largest absolute Gasteiger partial charge is 0.493 e. The predicted molar refractivity (Wildman–Crippen MR) is 100 cm³/mol. The van der Waals surface area contributed by atoms with Crippen molar-refractivity contribution in [2.45, 2.75) is 0 Å². The molecule has 0 spiro atoms. The molecule has 0 fully saturated rings. The Morgan fingerprint density at radius 3 is 2.48 bits per heavy atom. The van der Waals surface area contributed by atoms with E-state index in [9.17, 15) is 9.59 Å². The third-order valence-electron chi connectivity index (χ3n) is 3.38. The van der Waals surface area contributed by atoms with Gasteiger partial charge in [0.15, 0.2) is 23.9 Å². The Bertz CT molecular complexity index is 785. The van der Waals surface area contributed by atoms with E-state index in [0.717, 1.165) is 10.0 Å². The number of methoxy groups -OCH3 is 1. The van der Waals surface area contributed by atoms with Crippen LogP contribution in [0.4, 0.5) is 0 Å². The molecule has 1 amide bonds. The van der Waals surface area contributed by atoms with Crippen LogP contribution in [0.25, 0.3) is 6.08 Å². The van der Waals surface area contributed by atoms with Crippen LogP contribution < -0.4 is 14.8 Å². The Morgan fingerprint density at radius 1 is 1.12 bits per heavy atom. The lowest BCUT2D eigenvalue weighted by atomic mass is 10.1. The van der Waals surface area contributed by atoms with E-state index < -0.39 is 0 Å². The van der Waals surface area contributed by atoms with E-state index >= 15 is 0 Å². The van der Waals surface area contributed by atoms with Crippen molar-refractivity contribution in [1.29, 1.82) is 0 Å². The number of amides is 1. The van der Waals surface area contributed by atoms with E-state index in [0.29, 0.717) is 17.1 Å². The zero-order chi connectivity index (χ0) is 18.2. The third kappa shape index (κ3) is 5.46. The van der Waals surface area contributed by atoms with Gasteiger partial charge in [-0.1, -0.05) is 28.1 Å². The molecule has 2 aromatic carbocycles. The minimum absolute atomic E-state index is 0.0913. The summed E-state index contributed by atoms with van der Waals surface area (Å²) in [6.45, 7) is -0.0932. The highest BCUT2D eigenvalue weighted by Gasteiger charge is 2.07. The van der Waals surface area contributed by atoms with E-state index in [1.54, 1.807) is 43.5 Å². The van der Waals surface area contributed by atoms with Crippen molar-refractivity contribution >= 4 is 33.7 Å². The van der Waals surface area contributed by atoms with Crippen molar-refractivity contribution in [1.82, 2.24) is 5.32 Å². The second kappa shape index (κ2) is 9.03. The lowest BCUT2D eigenvalue weighted by Crippen LogP contribution is -2.24. The molecule has 0 saturated heterocycles. The molecule has 0 bridgehead atoms. The summed E-state index contributed by atoms with van der Waals surface area (Å²) < 4.78 is 11.6. The number of nitrogens with one attached hydrogen (secondary N) is 1.